The number of sulfonamides is 1. The van der Waals surface area contributed by atoms with Gasteiger partial charge < -0.3 is 0 Å². The second kappa shape index (κ2) is 6.13. The van der Waals surface area contributed by atoms with Gasteiger partial charge in [-0.3, -0.25) is 0 Å². The molecule has 0 saturated carbocycles. The van der Waals surface area contributed by atoms with Crippen molar-refractivity contribution in [2.24, 2.45) is 0 Å². The lowest BCUT2D eigenvalue weighted by Gasteiger charge is -2.17. The fourth-order valence-corrected chi connectivity index (χ4v) is 3.65. The highest BCUT2D eigenvalue weighted by Crippen LogP contribution is 2.18. The summed E-state index contributed by atoms with van der Waals surface area (Å²) in [4.78, 5) is 4.87. The number of rotatable bonds is 5. The molecular weight excluding hydrogens is 294 g/mol. The van der Waals surface area contributed by atoms with Gasteiger partial charge in [0.05, 0.1) is 0 Å². The van der Waals surface area contributed by atoms with Crippen LogP contribution >= 0.6 is 11.3 Å². The molecule has 0 aliphatic heterocycles. The van der Waals surface area contributed by atoms with Gasteiger partial charge in [-0.2, -0.15) is 5.26 Å². The Morgan fingerprint density at radius 1 is 1.40 bits per heavy atom. The normalized spacial score (nSPS) is 11.4. The standard InChI is InChI=1S/C13H13N3O2S2/c1-16(8-6-11-4-3-9-19-11)20(17,18)13-5-2-7-15-12(13)10-14/h2-5,7,9H,6,8H2,1H3. The summed E-state index contributed by atoms with van der Waals surface area (Å²) < 4.78 is 26.1. The van der Waals surface area contributed by atoms with Crippen LogP contribution in [0.25, 0.3) is 0 Å². The molecule has 0 N–H and O–H groups in total. The van der Waals surface area contributed by atoms with Crippen molar-refractivity contribution in [3.8, 4) is 6.07 Å². The fourth-order valence-electron chi connectivity index (χ4n) is 1.69. The molecule has 0 unspecified atom stereocenters. The Balaban J connectivity index is 2.19. The topological polar surface area (TPSA) is 74.1 Å². The number of aromatic nitrogens is 1. The lowest BCUT2D eigenvalue weighted by atomic mass is 10.3. The van der Waals surface area contributed by atoms with Crippen LogP contribution < -0.4 is 0 Å². The van der Waals surface area contributed by atoms with Crippen LogP contribution in [0.3, 0.4) is 0 Å². The van der Waals surface area contributed by atoms with Gasteiger partial charge in [-0.25, -0.2) is 17.7 Å². The van der Waals surface area contributed by atoms with Crippen molar-refractivity contribution in [1.29, 1.82) is 5.26 Å². The number of pyridine rings is 1. The molecule has 0 saturated heterocycles. The van der Waals surface area contributed by atoms with Crippen molar-refractivity contribution in [3.05, 3.63) is 46.4 Å². The van der Waals surface area contributed by atoms with E-state index >= 15 is 0 Å². The molecule has 2 rings (SSSR count). The maximum Gasteiger partial charge on any atom is 0.245 e. The van der Waals surface area contributed by atoms with Gasteiger partial charge >= 0.3 is 0 Å². The summed E-state index contributed by atoms with van der Waals surface area (Å²) in [6, 6.07) is 8.63. The molecule has 0 aliphatic rings. The van der Waals surface area contributed by atoms with Crippen LogP contribution in [0.4, 0.5) is 0 Å². The van der Waals surface area contributed by atoms with E-state index in [1.165, 1.54) is 29.7 Å². The van der Waals surface area contributed by atoms with Crippen LogP contribution in [0.5, 0.6) is 0 Å². The summed E-state index contributed by atoms with van der Waals surface area (Å²) >= 11 is 1.59. The Labute approximate surface area is 122 Å². The summed E-state index contributed by atoms with van der Waals surface area (Å²) in [6.45, 7) is 0.364. The minimum atomic E-state index is -3.68. The van der Waals surface area contributed by atoms with Gasteiger partial charge in [0.1, 0.15) is 11.0 Å². The van der Waals surface area contributed by atoms with E-state index in [1.54, 1.807) is 11.3 Å². The van der Waals surface area contributed by atoms with Crippen LogP contribution in [0.2, 0.25) is 0 Å². The highest BCUT2D eigenvalue weighted by Gasteiger charge is 2.24. The molecule has 104 valence electrons. The molecule has 0 atom stereocenters. The summed E-state index contributed by atoms with van der Waals surface area (Å²) in [5, 5.41) is 10.9. The van der Waals surface area contributed by atoms with Crippen molar-refractivity contribution < 1.29 is 8.42 Å². The predicted molar refractivity (Wildman–Crippen MR) is 76.8 cm³/mol. The number of likely N-dealkylation sites (N-methyl/N-ethyl adjacent to an activating group) is 1. The van der Waals surface area contributed by atoms with Crippen LogP contribution in [0.15, 0.2) is 40.7 Å². The Bertz CT molecular complexity index is 718. The van der Waals surface area contributed by atoms with E-state index in [0.717, 1.165) is 4.88 Å². The summed E-state index contributed by atoms with van der Waals surface area (Å²) in [5.41, 5.74) is -0.0736. The molecule has 0 bridgehead atoms. The molecule has 0 aliphatic carbocycles. The number of hydrogen-bond acceptors (Lipinski definition) is 5. The molecule has 2 heterocycles. The first-order chi connectivity index (χ1) is 9.55. The third-order valence-corrected chi connectivity index (χ3v) is 5.64. The Morgan fingerprint density at radius 3 is 2.85 bits per heavy atom. The smallest absolute Gasteiger partial charge is 0.244 e. The minimum absolute atomic E-state index is 0.0452. The van der Waals surface area contributed by atoms with E-state index in [0.29, 0.717) is 13.0 Å². The lowest BCUT2D eigenvalue weighted by Crippen LogP contribution is -2.29. The van der Waals surface area contributed by atoms with E-state index in [9.17, 15) is 8.42 Å². The van der Waals surface area contributed by atoms with E-state index in [2.05, 4.69) is 4.98 Å². The Hall–Kier alpha value is -1.75. The van der Waals surface area contributed by atoms with Gasteiger partial charge in [-0.15, -0.1) is 11.3 Å². The summed E-state index contributed by atoms with van der Waals surface area (Å²) in [5.74, 6) is 0. The van der Waals surface area contributed by atoms with Gasteiger partial charge in [0, 0.05) is 24.7 Å². The Kier molecular flexibility index (Phi) is 4.49. The van der Waals surface area contributed by atoms with Crippen molar-refractivity contribution >= 4 is 21.4 Å². The molecule has 0 fully saturated rings. The first-order valence-electron chi connectivity index (χ1n) is 5.89. The van der Waals surface area contributed by atoms with Crippen LogP contribution in [-0.2, 0) is 16.4 Å². The SMILES string of the molecule is CN(CCc1cccs1)S(=O)(=O)c1cccnc1C#N. The zero-order chi connectivity index (χ0) is 14.6. The molecule has 0 radical (unpaired) electrons. The van der Waals surface area contributed by atoms with E-state index in [1.807, 2.05) is 23.6 Å². The van der Waals surface area contributed by atoms with Crippen molar-refractivity contribution in [3.63, 3.8) is 0 Å². The van der Waals surface area contributed by atoms with Gasteiger partial charge in [-0.05, 0) is 30.0 Å². The first-order valence-corrected chi connectivity index (χ1v) is 8.21. The van der Waals surface area contributed by atoms with Gasteiger partial charge in [0.15, 0.2) is 5.69 Å². The number of thiophene rings is 1. The molecule has 20 heavy (non-hydrogen) atoms. The summed E-state index contributed by atoms with van der Waals surface area (Å²) in [7, 11) is -2.17. The fraction of sp³-hybridized carbons (Fsp3) is 0.231. The third kappa shape index (κ3) is 3.04. The molecule has 7 heteroatoms. The number of hydrogen-bond donors (Lipinski definition) is 0. The Morgan fingerprint density at radius 2 is 2.20 bits per heavy atom. The minimum Gasteiger partial charge on any atom is -0.244 e. The van der Waals surface area contributed by atoms with Crippen LogP contribution in [0.1, 0.15) is 10.6 Å². The summed E-state index contributed by atoms with van der Waals surface area (Å²) in [6.07, 6.45) is 2.05. The van der Waals surface area contributed by atoms with Crippen molar-refractivity contribution in [1.82, 2.24) is 9.29 Å². The number of nitrogens with zero attached hydrogens (tertiary/aromatic N) is 3. The van der Waals surface area contributed by atoms with E-state index in [-0.39, 0.29) is 10.6 Å². The van der Waals surface area contributed by atoms with E-state index in [4.69, 9.17) is 5.26 Å². The monoisotopic (exact) mass is 307 g/mol. The second-order valence-corrected chi connectivity index (χ2v) is 7.16. The van der Waals surface area contributed by atoms with E-state index < -0.39 is 10.0 Å². The molecule has 5 nitrogen and oxygen atoms in total. The average Bonchev–Trinajstić information content (AvgIpc) is 2.97. The van der Waals surface area contributed by atoms with Crippen molar-refractivity contribution in [2.45, 2.75) is 11.3 Å². The maximum atomic E-state index is 12.4. The highest BCUT2D eigenvalue weighted by atomic mass is 32.2. The molecule has 2 aromatic rings. The molecule has 0 spiro atoms. The lowest BCUT2D eigenvalue weighted by molar-refractivity contribution is 0.473. The predicted octanol–water partition coefficient (Wildman–Crippen LogP) is 1.88. The van der Waals surface area contributed by atoms with Gasteiger partial charge in [-0.1, -0.05) is 6.07 Å². The number of nitriles is 1. The zero-order valence-electron chi connectivity index (χ0n) is 10.9. The first kappa shape index (κ1) is 14.7. The maximum absolute atomic E-state index is 12.4. The quantitative estimate of drug-likeness (QED) is 0.845. The molecule has 0 aromatic carbocycles. The largest absolute Gasteiger partial charge is 0.245 e. The van der Waals surface area contributed by atoms with Gasteiger partial charge in [0.25, 0.3) is 0 Å². The second-order valence-electron chi connectivity index (χ2n) is 4.12. The third-order valence-electron chi connectivity index (χ3n) is 2.82. The van der Waals surface area contributed by atoms with Crippen LogP contribution in [0, 0.1) is 11.3 Å². The average molecular weight is 307 g/mol. The van der Waals surface area contributed by atoms with Crippen molar-refractivity contribution in [2.75, 3.05) is 13.6 Å². The zero-order valence-corrected chi connectivity index (χ0v) is 12.5. The molecule has 0 amide bonds. The molecular formula is C13H13N3O2S2. The highest BCUT2D eigenvalue weighted by molar-refractivity contribution is 7.89. The molecule has 2 aromatic heterocycles. The van der Waals surface area contributed by atoms with Crippen LogP contribution in [-0.4, -0.2) is 31.3 Å². The van der Waals surface area contributed by atoms with Gasteiger partial charge in [0.2, 0.25) is 10.0 Å².